The fraction of sp³-hybridized carbons (Fsp3) is 0.421. The molecule has 24 heavy (non-hydrogen) atoms. The molecule has 1 amide bonds. The van der Waals surface area contributed by atoms with Gasteiger partial charge in [0.1, 0.15) is 38.5 Å². The number of amides is 1. The van der Waals surface area contributed by atoms with Crippen molar-refractivity contribution >= 4 is 5.91 Å². The first-order valence-corrected chi connectivity index (χ1v) is 8.71. The van der Waals surface area contributed by atoms with Crippen molar-refractivity contribution < 1.29 is 19.0 Å². The summed E-state index contributed by atoms with van der Waals surface area (Å²) in [4.78, 5) is 15.0. The molecule has 2 aromatic rings. The largest absolute Gasteiger partial charge is 0.467 e. The highest BCUT2D eigenvalue weighted by Crippen LogP contribution is 2.04. The molecule has 0 atom stereocenters. The zero-order valence-electron chi connectivity index (χ0n) is 14.3. The van der Waals surface area contributed by atoms with Crippen molar-refractivity contribution in [1.29, 1.82) is 0 Å². The highest BCUT2D eigenvalue weighted by Gasteiger charge is 2.25. The van der Waals surface area contributed by atoms with Crippen LogP contribution in [0.5, 0.6) is 0 Å². The lowest BCUT2D eigenvalue weighted by molar-refractivity contribution is -1.02. The molecule has 2 heterocycles. The van der Waals surface area contributed by atoms with E-state index in [1.54, 1.807) is 11.2 Å². The van der Waals surface area contributed by atoms with Crippen LogP contribution >= 0.6 is 0 Å². The van der Waals surface area contributed by atoms with Crippen molar-refractivity contribution in [3.63, 3.8) is 0 Å². The molecule has 128 valence electrons. The molecule has 0 spiro atoms. The summed E-state index contributed by atoms with van der Waals surface area (Å²) >= 11 is 0. The molecule has 1 aromatic heterocycles. The number of quaternary nitrogens is 2. The van der Waals surface area contributed by atoms with Gasteiger partial charge in [0.2, 0.25) is 0 Å². The fourth-order valence-corrected chi connectivity index (χ4v) is 3.28. The maximum absolute atomic E-state index is 12.0. The monoisotopic (exact) mass is 329 g/mol. The van der Waals surface area contributed by atoms with Gasteiger partial charge in [-0.25, -0.2) is 0 Å². The maximum atomic E-state index is 12.0. The van der Waals surface area contributed by atoms with Crippen LogP contribution in [0.2, 0.25) is 0 Å². The number of nitrogens with one attached hydrogen (secondary N) is 3. The van der Waals surface area contributed by atoms with Crippen molar-refractivity contribution in [1.82, 2.24) is 5.32 Å². The zero-order valence-corrected chi connectivity index (χ0v) is 14.3. The van der Waals surface area contributed by atoms with E-state index in [1.807, 2.05) is 12.1 Å². The summed E-state index contributed by atoms with van der Waals surface area (Å²) in [5, 5.41) is 2.93. The molecule has 0 aliphatic carbocycles. The highest BCUT2D eigenvalue weighted by molar-refractivity contribution is 5.76. The van der Waals surface area contributed by atoms with E-state index in [0.29, 0.717) is 13.1 Å². The second-order valence-electron chi connectivity index (χ2n) is 6.64. The number of benzene rings is 1. The molecule has 1 saturated heterocycles. The lowest BCUT2D eigenvalue weighted by atomic mass is 10.1. The molecule has 3 N–H and O–H groups in total. The van der Waals surface area contributed by atoms with E-state index in [-0.39, 0.29) is 5.91 Å². The van der Waals surface area contributed by atoms with Gasteiger partial charge in [0.05, 0.1) is 12.8 Å². The van der Waals surface area contributed by atoms with Crippen LogP contribution in [0.1, 0.15) is 16.9 Å². The predicted molar refractivity (Wildman–Crippen MR) is 91.7 cm³/mol. The highest BCUT2D eigenvalue weighted by atomic mass is 16.3. The second kappa shape index (κ2) is 8.13. The van der Waals surface area contributed by atoms with Gasteiger partial charge in [-0.05, 0) is 24.6 Å². The van der Waals surface area contributed by atoms with Crippen LogP contribution in [-0.2, 0) is 17.9 Å². The average Bonchev–Trinajstić information content (AvgIpc) is 3.10. The summed E-state index contributed by atoms with van der Waals surface area (Å²) in [6.07, 6.45) is 1.63. The van der Waals surface area contributed by atoms with Crippen LogP contribution in [-0.4, -0.2) is 38.6 Å². The molecule has 1 aliphatic heterocycles. The third-order valence-corrected chi connectivity index (χ3v) is 4.82. The minimum Gasteiger partial charge on any atom is -0.467 e. The normalized spacial score (nSPS) is 20.7. The van der Waals surface area contributed by atoms with Crippen LogP contribution in [0, 0.1) is 6.92 Å². The van der Waals surface area contributed by atoms with E-state index in [0.717, 1.165) is 38.5 Å². The zero-order chi connectivity index (χ0) is 16.8. The molecule has 0 bridgehead atoms. The summed E-state index contributed by atoms with van der Waals surface area (Å²) in [5.74, 6) is 0.898. The second-order valence-corrected chi connectivity index (χ2v) is 6.64. The Morgan fingerprint density at radius 2 is 1.83 bits per heavy atom. The molecule has 5 nitrogen and oxygen atoms in total. The summed E-state index contributed by atoms with van der Waals surface area (Å²) in [6.45, 7) is 8.64. The predicted octanol–water partition coefficient (Wildman–Crippen LogP) is -0.812. The minimum absolute atomic E-state index is 0.101. The number of piperazine rings is 1. The summed E-state index contributed by atoms with van der Waals surface area (Å²) in [7, 11) is 0. The maximum Gasteiger partial charge on any atom is 0.275 e. The number of hydrogen-bond donors (Lipinski definition) is 3. The number of rotatable bonds is 6. The number of furan rings is 1. The van der Waals surface area contributed by atoms with Crippen molar-refractivity contribution in [2.45, 2.75) is 20.0 Å². The molecule has 1 aromatic carbocycles. The van der Waals surface area contributed by atoms with Gasteiger partial charge in [0.15, 0.2) is 6.54 Å². The molecule has 3 rings (SSSR count). The Kier molecular flexibility index (Phi) is 5.67. The molecule has 5 heteroatoms. The van der Waals surface area contributed by atoms with Crippen LogP contribution in [0.25, 0.3) is 0 Å². The first kappa shape index (κ1) is 16.7. The first-order valence-electron chi connectivity index (χ1n) is 8.71. The Morgan fingerprint density at radius 1 is 1.08 bits per heavy atom. The third-order valence-electron chi connectivity index (χ3n) is 4.82. The van der Waals surface area contributed by atoms with Crippen LogP contribution in [0.15, 0.2) is 47.1 Å². The molecular weight excluding hydrogens is 302 g/mol. The molecule has 0 unspecified atom stereocenters. The molecule has 1 fully saturated rings. The number of carbonyl (C=O) groups is 1. The van der Waals surface area contributed by atoms with Gasteiger partial charge in [-0.3, -0.25) is 4.79 Å². The van der Waals surface area contributed by atoms with Gasteiger partial charge in [-0.2, -0.15) is 0 Å². The van der Waals surface area contributed by atoms with Crippen molar-refractivity contribution in [3.05, 3.63) is 59.5 Å². The first-order chi connectivity index (χ1) is 11.7. The van der Waals surface area contributed by atoms with Crippen LogP contribution in [0.4, 0.5) is 0 Å². The van der Waals surface area contributed by atoms with E-state index in [1.165, 1.54) is 16.0 Å². The van der Waals surface area contributed by atoms with Gasteiger partial charge in [0.25, 0.3) is 5.91 Å². The van der Waals surface area contributed by atoms with E-state index in [9.17, 15) is 4.79 Å². The molecular formula is C19H27N3O2+2. The number of carbonyl (C=O) groups excluding carboxylic acids is 1. The lowest BCUT2D eigenvalue weighted by Crippen LogP contribution is -3.28. The van der Waals surface area contributed by atoms with Gasteiger partial charge in [0, 0.05) is 5.56 Å². The average molecular weight is 329 g/mol. The Balaban J connectivity index is 1.39. The molecule has 0 radical (unpaired) electrons. The van der Waals surface area contributed by atoms with Crippen molar-refractivity contribution in [3.8, 4) is 0 Å². The van der Waals surface area contributed by atoms with Gasteiger partial charge in [-0.1, -0.05) is 24.3 Å². The van der Waals surface area contributed by atoms with Crippen LogP contribution < -0.4 is 15.1 Å². The Labute approximate surface area is 143 Å². The Bertz CT molecular complexity index is 646. The standard InChI is InChI=1S/C19H25N3O2/c1-16-5-2-3-6-17(16)14-21-8-10-22(11-9-21)15-19(23)20-13-18-7-4-12-24-18/h2-7,12H,8-11,13-15H2,1H3,(H,20,23)/p+2. The quantitative estimate of drug-likeness (QED) is 0.649. The van der Waals surface area contributed by atoms with Crippen molar-refractivity contribution in [2.75, 3.05) is 32.7 Å². The number of aryl methyl sites for hydroxylation is 1. The summed E-state index contributed by atoms with van der Waals surface area (Å²) in [6, 6.07) is 12.3. The smallest absolute Gasteiger partial charge is 0.275 e. The lowest BCUT2D eigenvalue weighted by Gasteiger charge is -2.29. The number of hydrogen-bond acceptors (Lipinski definition) is 2. The SMILES string of the molecule is Cc1ccccc1C[NH+]1CC[NH+](CC(=O)NCc2ccco2)CC1. The summed E-state index contributed by atoms with van der Waals surface area (Å²) < 4.78 is 5.23. The van der Waals surface area contributed by atoms with Crippen molar-refractivity contribution in [2.24, 2.45) is 0 Å². The Hall–Kier alpha value is -2.11. The third kappa shape index (κ3) is 4.69. The van der Waals surface area contributed by atoms with Gasteiger partial charge >= 0.3 is 0 Å². The summed E-state index contributed by atoms with van der Waals surface area (Å²) in [5.41, 5.74) is 2.81. The Morgan fingerprint density at radius 3 is 2.54 bits per heavy atom. The van der Waals surface area contributed by atoms with E-state index in [4.69, 9.17) is 4.42 Å². The minimum atomic E-state index is 0.101. The van der Waals surface area contributed by atoms with E-state index < -0.39 is 0 Å². The molecule has 1 aliphatic rings. The van der Waals surface area contributed by atoms with Gasteiger partial charge < -0.3 is 19.5 Å². The van der Waals surface area contributed by atoms with E-state index in [2.05, 4.69) is 36.5 Å². The van der Waals surface area contributed by atoms with Crippen LogP contribution in [0.3, 0.4) is 0 Å². The molecule has 0 saturated carbocycles. The van der Waals surface area contributed by atoms with E-state index >= 15 is 0 Å². The fourth-order valence-electron chi connectivity index (χ4n) is 3.28. The topological polar surface area (TPSA) is 51.1 Å². The van der Waals surface area contributed by atoms with Gasteiger partial charge in [-0.15, -0.1) is 0 Å².